The van der Waals surface area contributed by atoms with Crippen LogP contribution in [0.25, 0.3) is 0 Å². The van der Waals surface area contributed by atoms with E-state index in [9.17, 15) is 9.59 Å². The van der Waals surface area contributed by atoms with Gasteiger partial charge in [-0.1, -0.05) is 66.7 Å². The molecule has 2 atom stereocenters. The van der Waals surface area contributed by atoms with Gasteiger partial charge >= 0.3 is 6.03 Å². The third kappa shape index (κ3) is 5.06. The Morgan fingerprint density at radius 1 is 0.893 bits per heavy atom. The van der Waals surface area contributed by atoms with E-state index in [4.69, 9.17) is 0 Å². The van der Waals surface area contributed by atoms with Gasteiger partial charge in [0.05, 0.1) is 6.04 Å². The third-order valence-electron chi connectivity index (χ3n) is 4.26. The van der Waals surface area contributed by atoms with Gasteiger partial charge in [-0.2, -0.15) is 0 Å². The SMILES string of the molecule is CCNC(=O)NC(=O)[C@@H](N[C@@H](c1ccccc1)c1cccs1)c1ccccc1. The quantitative estimate of drug-likeness (QED) is 0.568. The number of benzene rings is 2. The number of imide groups is 1. The summed E-state index contributed by atoms with van der Waals surface area (Å²) >= 11 is 1.62. The van der Waals surface area contributed by atoms with Gasteiger partial charge < -0.3 is 5.32 Å². The number of thiophene rings is 1. The van der Waals surface area contributed by atoms with Crippen LogP contribution in [0.5, 0.6) is 0 Å². The van der Waals surface area contributed by atoms with Crippen LogP contribution in [0.4, 0.5) is 4.79 Å². The van der Waals surface area contributed by atoms with Crippen LogP contribution >= 0.6 is 11.3 Å². The van der Waals surface area contributed by atoms with Crippen LogP contribution in [0, 0.1) is 0 Å². The molecule has 3 amide bonds. The lowest BCUT2D eigenvalue weighted by molar-refractivity contribution is -0.122. The van der Waals surface area contributed by atoms with E-state index >= 15 is 0 Å². The van der Waals surface area contributed by atoms with Gasteiger partial charge in [0, 0.05) is 11.4 Å². The zero-order valence-electron chi connectivity index (χ0n) is 15.6. The van der Waals surface area contributed by atoms with Crippen LogP contribution in [0.3, 0.4) is 0 Å². The van der Waals surface area contributed by atoms with Gasteiger partial charge in [0.1, 0.15) is 6.04 Å². The Labute approximate surface area is 168 Å². The fourth-order valence-corrected chi connectivity index (χ4v) is 3.78. The molecule has 3 aromatic rings. The smallest absolute Gasteiger partial charge is 0.321 e. The highest BCUT2D eigenvalue weighted by molar-refractivity contribution is 7.10. The van der Waals surface area contributed by atoms with Gasteiger partial charge in [0.15, 0.2) is 0 Å². The lowest BCUT2D eigenvalue weighted by atomic mass is 10.0. The molecule has 0 unspecified atom stereocenters. The van der Waals surface area contributed by atoms with Gasteiger partial charge in [-0.25, -0.2) is 4.79 Å². The molecule has 0 aliphatic rings. The van der Waals surface area contributed by atoms with Crippen molar-refractivity contribution in [3.05, 3.63) is 94.2 Å². The van der Waals surface area contributed by atoms with E-state index in [-0.39, 0.29) is 6.04 Å². The summed E-state index contributed by atoms with van der Waals surface area (Å²) in [6.45, 7) is 2.25. The second-order valence-electron chi connectivity index (χ2n) is 6.22. The highest BCUT2D eigenvalue weighted by atomic mass is 32.1. The topological polar surface area (TPSA) is 70.2 Å². The molecule has 1 aromatic heterocycles. The Morgan fingerprint density at radius 3 is 2.11 bits per heavy atom. The molecular weight excluding hydrogens is 370 g/mol. The van der Waals surface area contributed by atoms with E-state index in [0.29, 0.717) is 6.54 Å². The van der Waals surface area contributed by atoms with Crippen LogP contribution in [0.1, 0.15) is 35.0 Å². The minimum Gasteiger partial charge on any atom is -0.338 e. The number of rotatable bonds is 7. The van der Waals surface area contributed by atoms with E-state index in [0.717, 1.165) is 16.0 Å². The van der Waals surface area contributed by atoms with Crippen LogP contribution in [0.2, 0.25) is 0 Å². The van der Waals surface area contributed by atoms with Crippen molar-refractivity contribution >= 4 is 23.3 Å². The highest BCUT2D eigenvalue weighted by Gasteiger charge is 2.27. The van der Waals surface area contributed by atoms with Crippen LogP contribution in [0.15, 0.2) is 78.2 Å². The Bertz CT molecular complexity index is 883. The monoisotopic (exact) mass is 393 g/mol. The first-order chi connectivity index (χ1) is 13.7. The number of amides is 3. The van der Waals surface area contributed by atoms with Gasteiger partial charge in [-0.15, -0.1) is 11.3 Å². The summed E-state index contributed by atoms with van der Waals surface area (Å²) in [5, 5.41) is 10.5. The molecule has 144 valence electrons. The van der Waals surface area contributed by atoms with Crippen LogP contribution in [-0.2, 0) is 4.79 Å². The van der Waals surface area contributed by atoms with Crippen molar-refractivity contribution in [3.63, 3.8) is 0 Å². The van der Waals surface area contributed by atoms with Crippen molar-refractivity contribution in [2.45, 2.75) is 19.0 Å². The van der Waals surface area contributed by atoms with E-state index in [1.165, 1.54) is 0 Å². The number of hydrogen-bond acceptors (Lipinski definition) is 4. The number of carbonyl (C=O) groups is 2. The van der Waals surface area contributed by atoms with Crippen molar-refractivity contribution in [3.8, 4) is 0 Å². The van der Waals surface area contributed by atoms with Crippen LogP contribution in [-0.4, -0.2) is 18.5 Å². The van der Waals surface area contributed by atoms with E-state index < -0.39 is 18.0 Å². The Balaban J connectivity index is 1.92. The summed E-state index contributed by atoms with van der Waals surface area (Å²) in [6.07, 6.45) is 0. The van der Waals surface area contributed by atoms with Gasteiger partial charge in [-0.05, 0) is 29.5 Å². The standard InChI is InChI=1S/C22H23N3O2S/c1-2-23-22(27)25-21(26)20(17-12-7-4-8-13-17)24-19(18-14-9-15-28-18)16-10-5-3-6-11-16/h3-15,19-20,24H,2H2,1H3,(H2,23,25,26,27)/t19-,20-/m0/s1. The third-order valence-corrected chi connectivity index (χ3v) is 5.20. The van der Waals surface area contributed by atoms with Crippen molar-refractivity contribution in [2.24, 2.45) is 0 Å². The van der Waals surface area contributed by atoms with Crippen molar-refractivity contribution in [1.82, 2.24) is 16.0 Å². The minimum absolute atomic E-state index is 0.175. The average Bonchev–Trinajstić information content (AvgIpc) is 3.24. The molecule has 3 N–H and O–H groups in total. The van der Waals surface area contributed by atoms with Crippen molar-refractivity contribution in [1.29, 1.82) is 0 Å². The van der Waals surface area contributed by atoms with Gasteiger partial charge in [0.25, 0.3) is 0 Å². The van der Waals surface area contributed by atoms with Crippen molar-refractivity contribution in [2.75, 3.05) is 6.54 Å². The molecule has 0 bridgehead atoms. The number of carbonyl (C=O) groups excluding carboxylic acids is 2. The summed E-state index contributed by atoms with van der Waals surface area (Å²) in [5.74, 6) is -0.394. The fourth-order valence-electron chi connectivity index (χ4n) is 2.97. The number of urea groups is 1. The molecule has 0 radical (unpaired) electrons. The first-order valence-electron chi connectivity index (χ1n) is 9.17. The van der Waals surface area contributed by atoms with Gasteiger partial charge in [-0.3, -0.25) is 15.4 Å². The molecular formula is C22H23N3O2S. The first-order valence-corrected chi connectivity index (χ1v) is 10.0. The van der Waals surface area contributed by atoms with E-state index in [2.05, 4.69) is 16.0 Å². The highest BCUT2D eigenvalue weighted by Crippen LogP contribution is 2.29. The molecule has 0 saturated carbocycles. The summed E-state index contributed by atoms with van der Waals surface area (Å²) in [6, 6.07) is 22.1. The van der Waals surface area contributed by atoms with Crippen LogP contribution < -0.4 is 16.0 Å². The summed E-state index contributed by atoms with van der Waals surface area (Å²) in [7, 11) is 0. The first kappa shape index (κ1) is 19.8. The second-order valence-corrected chi connectivity index (χ2v) is 7.20. The molecule has 2 aromatic carbocycles. The van der Waals surface area contributed by atoms with Crippen molar-refractivity contribution < 1.29 is 9.59 Å². The molecule has 0 saturated heterocycles. The van der Waals surface area contributed by atoms with Gasteiger partial charge in [0.2, 0.25) is 5.91 Å². The fraction of sp³-hybridized carbons (Fsp3) is 0.182. The summed E-state index contributed by atoms with van der Waals surface area (Å²) in [4.78, 5) is 25.9. The average molecular weight is 394 g/mol. The zero-order valence-corrected chi connectivity index (χ0v) is 16.4. The maximum absolute atomic E-state index is 12.9. The zero-order chi connectivity index (χ0) is 19.8. The molecule has 5 nitrogen and oxygen atoms in total. The summed E-state index contributed by atoms with van der Waals surface area (Å²) in [5.41, 5.74) is 1.85. The lowest BCUT2D eigenvalue weighted by Crippen LogP contribution is -2.45. The predicted molar refractivity (Wildman–Crippen MR) is 112 cm³/mol. The summed E-state index contributed by atoms with van der Waals surface area (Å²) < 4.78 is 0. The molecule has 0 fully saturated rings. The molecule has 0 aliphatic heterocycles. The molecule has 6 heteroatoms. The van der Waals surface area contributed by atoms with E-state index in [1.54, 1.807) is 18.3 Å². The minimum atomic E-state index is -0.684. The molecule has 1 heterocycles. The second kappa shape index (κ2) is 9.82. The predicted octanol–water partition coefficient (Wildman–Crippen LogP) is 4.01. The molecule has 3 rings (SSSR count). The Kier molecular flexibility index (Phi) is 6.94. The molecule has 28 heavy (non-hydrogen) atoms. The molecule has 0 aliphatic carbocycles. The number of hydrogen-bond donors (Lipinski definition) is 3. The Morgan fingerprint density at radius 2 is 1.54 bits per heavy atom. The lowest BCUT2D eigenvalue weighted by Gasteiger charge is -2.25. The normalized spacial score (nSPS) is 12.8. The largest absolute Gasteiger partial charge is 0.338 e. The van der Waals surface area contributed by atoms with E-state index in [1.807, 2.05) is 78.2 Å². The Hall–Kier alpha value is -2.96. The maximum atomic E-state index is 12.9. The molecule has 0 spiro atoms. The maximum Gasteiger partial charge on any atom is 0.321 e. The number of nitrogens with one attached hydrogen (secondary N) is 3.